The van der Waals surface area contributed by atoms with Gasteiger partial charge in [0.2, 0.25) is 10.0 Å². The number of nitrogens with two attached hydrogens (primary N) is 1. The molecule has 2 unspecified atom stereocenters. The summed E-state index contributed by atoms with van der Waals surface area (Å²) in [5.74, 6) is 0.370. The molecule has 3 rings (SSSR count). The molecule has 2 aromatic rings. The monoisotopic (exact) mass is 371 g/mol. The van der Waals surface area contributed by atoms with Crippen molar-refractivity contribution in [1.29, 1.82) is 0 Å². The molecule has 1 heterocycles. The molecule has 0 aliphatic heterocycles. The van der Waals surface area contributed by atoms with Crippen LogP contribution in [0.25, 0.3) is 0 Å². The summed E-state index contributed by atoms with van der Waals surface area (Å²) in [6.07, 6.45) is -1.33. The van der Waals surface area contributed by atoms with Gasteiger partial charge in [-0.1, -0.05) is 12.1 Å². The van der Waals surface area contributed by atoms with E-state index >= 15 is 0 Å². The van der Waals surface area contributed by atoms with Crippen LogP contribution >= 0.6 is 0 Å². The topological polar surface area (TPSA) is 85.1 Å². The molecular weight excluding hydrogens is 355 g/mol. The summed E-state index contributed by atoms with van der Waals surface area (Å²) in [6, 6.07) is 7.21. The first-order chi connectivity index (χ1) is 11.7. The number of halogens is 3. The first-order valence-corrected chi connectivity index (χ1v) is 9.09. The second-order valence-corrected chi connectivity index (χ2v) is 7.58. The van der Waals surface area contributed by atoms with Gasteiger partial charge in [-0.3, -0.25) is 4.98 Å². The van der Waals surface area contributed by atoms with Crippen LogP contribution in [0.1, 0.15) is 23.5 Å². The number of alkyl halides is 3. The van der Waals surface area contributed by atoms with Gasteiger partial charge in [-0.2, -0.15) is 13.2 Å². The highest BCUT2D eigenvalue weighted by molar-refractivity contribution is 7.89. The number of sulfonamides is 1. The Hall–Kier alpha value is -2.13. The quantitative estimate of drug-likeness (QED) is 0.846. The average Bonchev–Trinajstić information content (AvgIpc) is 3.31. The SMILES string of the molecule is NS(=O)(=O)c1ccc(C2CC2CNc2cnccc2C(F)(F)F)cc1. The molecule has 0 spiro atoms. The molecule has 1 aromatic heterocycles. The van der Waals surface area contributed by atoms with E-state index in [1.165, 1.54) is 18.3 Å². The number of primary sulfonamides is 1. The summed E-state index contributed by atoms with van der Waals surface area (Å²) >= 11 is 0. The van der Waals surface area contributed by atoms with E-state index in [1.807, 2.05) is 0 Å². The molecule has 1 fully saturated rings. The Morgan fingerprint density at radius 2 is 1.88 bits per heavy atom. The highest BCUT2D eigenvalue weighted by Crippen LogP contribution is 2.47. The van der Waals surface area contributed by atoms with Crippen molar-refractivity contribution in [2.45, 2.75) is 23.4 Å². The predicted molar refractivity (Wildman–Crippen MR) is 86.4 cm³/mol. The number of hydrogen-bond acceptors (Lipinski definition) is 4. The highest BCUT2D eigenvalue weighted by atomic mass is 32.2. The van der Waals surface area contributed by atoms with Gasteiger partial charge in [0.15, 0.2) is 0 Å². The van der Waals surface area contributed by atoms with Crippen molar-refractivity contribution in [2.24, 2.45) is 11.1 Å². The minimum absolute atomic E-state index is 0.0368. The van der Waals surface area contributed by atoms with Crippen molar-refractivity contribution in [3.63, 3.8) is 0 Å². The van der Waals surface area contributed by atoms with Crippen LogP contribution in [0.3, 0.4) is 0 Å². The number of anilines is 1. The van der Waals surface area contributed by atoms with Crippen LogP contribution in [0.2, 0.25) is 0 Å². The number of hydrogen-bond donors (Lipinski definition) is 2. The molecule has 0 radical (unpaired) electrons. The van der Waals surface area contributed by atoms with Crippen molar-refractivity contribution in [3.05, 3.63) is 53.9 Å². The van der Waals surface area contributed by atoms with Gasteiger partial charge in [-0.15, -0.1) is 0 Å². The molecule has 2 atom stereocenters. The molecule has 5 nitrogen and oxygen atoms in total. The fourth-order valence-electron chi connectivity index (χ4n) is 2.81. The average molecular weight is 371 g/mol. The van der Waals surface area contributed by atoms with Crippen LogP contribution in [0.4, 0.5) is 18.9 Å². The maximum Gasteiger partial charge on any atom is 0.418 e. The Labute approximate surface area is 143 Å². The number of benzene rings is 1. The Morgan fingerprint density at radius 1 is 1.20 bits per heavy atom. The molecule has 134 valence electrons. The zero-order chi connectivity index (χ0) is 18.2. The second kappa shape index (κ2) is 6.30. The van der Waals surface area contributed by atoms with E-state index in [4.69, 9.17) is 5.14 Å². The van der Waals surface area contributed by atoms with Crippen LogP contribution in [0, 0.1) is 5.92 Å². The zero-order valence-corrected chi connectivity index (χ0v) is 13.8. The fraction of sp³-hybridized carbons (Fsp3) is 0.312. The van der Waals surface area contributed by atoms with E-state index in [9.17, 15) is 21.6 Å². The van der Waals surface area contributed by atoms with Crippen molar-refractivity contribution in [1.82, 2.24) is 4.98 Å². The largest absolute Gasteiger partial charge is 0.418 e. The van der Waals surface area contributed by atoms with Crippen LogP contribution in [-0.4, -0.2) is 19.9 Å². The lowest BCUT2D eigenvalue weighted by Crippen LogP contribution is -2.13. The molecule has 1 aromatic carbocycles. The summed E-state index contributed by atoms with van der Waals surface area (Å²) in [5.41, 5.74) is 0.170. The van der Waals surface area contributed by atoms with E-state index in [2.05, 4.69) is 10.3 Å². The lowest BCUT2D eigenvalue weighted by Gasteiger charge is -2.13. The maximum absolute atomic E-state index is 12.9. The molecule has 1 aliphatic carbocycles. The van der Waals surface area contributed by atoms with Gasteiger partial charge in [-0.05, 0) is 42.0 Å². The molecule has 1 saturated carbocycles. The Balaban J connectivity index is 1.63. The molecule has 0 amide bonds. The molecule has 0 saturated heterocycles. The van der Waals surface area contributed by atoms with Crippen molar-refractivity contribution < 1.29 is 21.6 Å². The fourth-order valence-corrected chi connectivity index (χ4v) is 3.33. The zero-order valence-electron chi connectivity index (χ0n) is 13.0. The third-order valence-electron chi connectivity index (χ3n) is 4.24. The van der Waals surface area contributed by atoms with Gasteiger partial charge in [0, 0.05) is 12.7 Å². The van der Waals surface area contributed by atoms with Crippen molar-refractivity contribution >= 4 is 15.7 Å². The minimum Gasteiger partial charge on any atom is -0.383 e. The van der Waals surface area contributed by atoms with E-state index < -0.39 is 21.8 Å². The Morgan fingerprint density at radius 3 is 2.48 bits per heavy atom. The molecule has 3 N–H and O–H groups in total. The van der Waals surface area contributed by atoms with Gasteiger partial charge >= 0.3 is 6.18 Å². The summed E-state index contributed by atoms with van der Waals surface area (Å²) in [5, 5.41) is 7.87. The number of rotatable bonds is 5. The lowest BCUT2D eigenvalue weighted by molar-refractivity contribution is -0.137. The Bertz CT molecular complexity index is 867. The van der Waals surface area contributed by atoms with Crippen LogP contribution < -0.4 is 10.5 Å². The smallest absolute Gasteiger partial charge is 0.383 e. The molecule has 1 aliphatic rings. The first kappa shape index (κ1) is 17.7. The third-order valence-corrected chi connectivity index (χ3v) is 5.17. The summed E-state index contributed by atoms with van der Waals surface area (Å²) in [7, 11) is -3.73. The normalized spacial score (nSPS) is 20.3. The third kappa shape index (κ3) is 4.10. The highest BCUT2D eigenvalue weighted by Gasteiger charge is 2.39. The summed E-state index contributed by atoms with van der Waals surface area (Å²) in [6.45, 7) is 0.385. The Kier molecular flexibility index (Phi) is 4.46. The molecule has 0 bridgehead atoms. The number of nitrogens with one attached hydrogen (secondary N) is 1. The number of nitrogens with zero attached hydrogens (tertiary/aromatic N) is 1. The van der Waals surface area contributed by atoms with Crippen LogP contribution in [0.15, 0.2) is 47.6 Å². The minimum atomic E-state index is -4.43. The number of pyridine rings is 1. The van der Waals surface area contributed by atoms with Gasteiger partial charge in [0.05, 0.1) is 22.3 Å². The molecule has 25 heavy (non-hydrogen) atoms. The maximum atomic E-state index is 12.9. The van der Waals surface area contributed by atoms with Crippen molar-refractivity contribution in [3.8, 4) is 0 Å². The van der Waals surface area contributed by atoms with E-state index in [0.29, 0.717) is 6.54 Å². The van der Waals surface area contributed by atoms with E-state index in [-0.39, 0.29) is 22.4 Å². The standard InChI is InChI=1S/C16H16F3N3O2S/c17-16(18,19)14-5-6-21-9-15(14)22-8-11-7-13(11)10-1-3-12(4-2-10)25(20,23)24/h1-6,9,11,13,22H,7-8H2,(H2,20,23,24). The van der Waals surface area contributed by atoms with Crippen LogP contribution in [-0.2, 0) is 16.2 Å². The number of aromatic nitrogens is 1. The van der Waals surface area contributed by atoms with Crippen molar-refractivity contribution in [2.75, 3.05) is 11.9 Å². The summed E-state index contributed by atoms with van der Waals surface area (Å²) < 4.78 is 61.3. The van der Waals surface area contributed by atoms with Gasteiger partial charge in [0.25, 0.3) is 0 Å². The van der Waals surface area contributed by atoms with Gasteiger partial charge in [-0.25, -0.2) is 13.6 Å². The van der Waals surface area contributed by atoms with E-state index in [0.717, 1.165) is 24.2 Å². The van der Waals surface area contributed by atoms with Crippen LogP contribution in [0.5, 0.6) is 0 Å². The lowest BCUT2D eigenvalue weighted by atomic mass is 10.1. The van der Waals surface area contributed by atoms with Gasteiger partial charge in [0.1, 0.15) is 0 Å². The molecular formula is C16H16F3N3O2S. The second-order valence-electron chi connectivity index (χ2n) is 6.02. The summed E-state index contributed by atoms with van der Waals surface area (Å²) in [4.78, 5) is 3.77. The molecule has 9 heteroatoms. The van der Waals surface area contributed by atoms with Gasteiger partial charge < -0.3 is 5.32 Å². The first-order valence-electron chi connectivity index (χ1n) is 7.54. The predicted octanol–water partition coefficient (Wildman–Crippen LogP) is 2.96. The van der Waals surface area contributed by atoms with E-state index in [1.54, 1.807) is 12.1 Å².